The van der Waals surface area contributed by atoms with Gasteiger partial charge in [-0.3, -0.25) is 4.79 Å². The number of amides is 1. The van der Waals surface area contributed by atoms with Gasteiger partial charge in [-0.1, -0.05) is 24.2 Å². The van der Waals surface area contributed by atoms with Crippen molar-refractivity contribution in [3.8, 4) is 0 Å². The van der Waals surface area contributed by atoms with Gasteiger partial charge in [-0.2, -0.15) is 4.98 Å². The number of para-hydroxylation sites is 2. The molecule has 1 aliphatic rings. The van der Waals surface area contributed by atoms with E-state index < -0.39 is 0 Å². The first kappa shape index (κ1) is 15.8. The van der Waals surface area contributed by atoms with E-state index in [-0.39, 0.29) is 11.9 Å². The lowest BCUT2D eigenvalue weighted by Crippen LogP contribution is -2.31. The summed E-state index contributed by atoms with van der Waals surface area (Å²) in [6, 6.07) is 7.90. The van der Waals surface area contributed by atoms with E-state index in [0.717, 1.165) is 30.4 Å². The largest absolute Gasteiger partial charge is 0.339 e. The molecule has 3 heterocycles. The standard InChI is InChI=1S/C18H21N5O2/c1-2-16-20-18(21-25-16)15-8-5-10-23(15)17(24)9-11-22-12-19-13-6-3-4-7-14(13)22/h3-4,6-7,12,15H,2,5,8-11H2,1H3. The van der Waals surface area contributed by atoms with Crippen LogP contribution in [0.4, 0.5) is 0 Å². The second kappa shape index (κ2) is 6.66. The highest BCUT2D eigenvalue weighted by atomic mass is 16.5. The lowest BCUT2D eigenvalue weighted by atomic mass is 10.2. The molecule has 0 N–H and O–H groups in total. The third-order valence-electron chi connectivity index (χ3n) is 4.75. The van der Waals surface area contributed by atoms with E-state index in [1.54, 1.807) is 6.33 Å². The van der Waals surface area contributed by atoms with Crippen molar-refractivity contribution in [1.82, 2.24) is 24.6 Å². The fourth-order valence-corrected chi connectivity index (χ4v) is 3.43. The normalized spacial score (nSPS) is 17.5. The Balaban J connectivity index is 1.45. The van der Waals surface area contributed by atoms with Crippen molar-refractivity contribution < 1.29 is 9.32 Å². The average molecular weight is 339 g/mol. The highest BCUT2D eigenvalue weighted by molar-refractivity contribution is 5.78. The Bertz CT molecular complexity index is 884. The zero-order valence-electron chi connectivity index (χ0n) is 14.3. The molecule has 1 atom stereocenters. The van der Waals surface area contributed by atoms with Crippen molar-refractivity contribution in [1.29, 1.82) is 0 Å². The Morgan fingerprint density at radius 2 is 2.24 bits per heavy atom. The number of aromatic nitrogens is 4. The predicted octanol–water partition coefficient (Wildman–Crippen LogP) is 2.74. The highest BCUT2D eigenvalue weighted by Gasteiger charge is 2.33. The maximum absolute atomic E-state index is 12.7. The smallest absolute Gasteiger partial charge is 0.226 e. The average Bonchev–Trinajstić information content (AvgIpc) is 3.37. The molecule has 1 saturated heterocycles. The number of hydrogen-bond acceptors (Lipinski definition) is 5. The van der Waals surface area contributed by atoms with E-state index in [1.807, 2.05) is 40.7 Å². The molecule has 1 fully saturated rings. The molecule has 0 spiro atoms. The maximum Gasteiger partial charge on any atom is 0.226 e. The Kier molecular flexibility index (Phi) is 4.21. The van der Waals surface area contributed by atoms with Gasteiger partial charge < -0.3 is 14.0 Å². The molecule has 0 saturated carbocycles. The van der Waals surface area contributed by atoms with E-state index >= 15 is 0 Å². The molecule has 0 bridgehead atoms. The van der Waals surface area contributed by atoms with E-state index in [1.165, 1.54) is 0 Å². The Hall–Kier alpha value is -2.70. The van der Waals surface area contributed by atoms with Crippen LogP contribution in [-0.4, -0.2) is 37.0 Å². The van der Waals surface area contributed by atoms with E-state index in [0.29, 0.717) is 31.1 Å². The molecule has 7 nitrogen and oxygen atoms in total. The summed E-state index contributed by atoms with van der Waals surface area (Å²) in [6.07, 6.45) is 4.81. The molecule has 0 aliphatic carbocycles. The maximum atomic E-state index is 12.7. The number of carbonyl (C=O) groups excluding carboxylic acids is 1. The predicted molar refractivity (Wildman–Crippen MR) is 91.7 cm³/mol. The number of rotatable bonds is 5. The molecular weight excluding hydrogens is 318 g/mol. The molecular formula is C18H21N5O2. The number of imidazole rings is 1. The Morgan fingerprint density at radius 1 is 1.36 bits per heavy atom. The van der Waals surface area contributed by atoms with Gasteiger partial charge in [0, 0.05) is 25.9 Å². The number of aryl methyl sites for hydroxylation is 2. The van der Waals surface area contributed by atoms with Gasteiger partial charge in [0.05, 0.1) is 23.4 Å². The van der Waals surface area contributed by atoms with Gasteiger partial charge in [0.15, 0.2) is 5.82 Å². The molecule has 1 aliphatic heterocycles. The van der Waals surface area contributed by atoms with Crippen molar-refractivity contribution in [3.63, 3.8) is 0 Å². The first-order chi connectivity index (χ1) is 12.3. The number of carbonyl (C=O) groups is 1. The van der Waals surface area contributed by atoms with Crippen molar-refractivity contribution in [3.05, 3.63) is 42.3 Å². The van der Waals surface area contributed by atoms with Crippen LogP contribution in [0.1, 0.15) is 43.9 Å². The van der Waals surface area contributed by atoms with Gasteiger partial charge in [-0.15, -0.1) is 0 Å². The van der Waals surface area contributed by atoms with Crippen LogP contribution in [0.25, 0.3) is 11.0 Å². The van der Waals surface area contributed by atoms with Crippen molar-refractivity contribution in [2.24, 2.45) is 0 Å². The van der Waals surface area contributed by atoms with Crippen LogP contribution in [-0.2, 0) is 17.8 Å². The van der Waals surface area contributed by atoms with Crippen molar-refractivity contribution >= 4 is 16.9 Å². The third-order valence-corrected chi connectivity index (χ3v) is 4.75. The minimum atomic E-state index is -0.0592. The molecule has 130 valence electrons. The zero-order chi connectivity index (χ0) is 17.2. The number of fused-ring (bicyclic) bond motifs is 1. The first-order valence-corrected chi connectivity index (χ1v) is 8.78. The molecule has 1 unspecified atom stereocenters. The molecule has 3 aromatic rings. The van der Waals surface area contributed by atoms with Crippen LogP contribution in [0.5, 0.6) is 0 Å². The molecule has 1 aromatic carbocycles. The molecule has 25 heavy (non-hydrogen) atoms. The molecule has 2 aromatic heterocycles. The summed E-state index contributed by atoms with van der Waals surface area (Å²) >= 11 is 0. The minimum absolute atomic E-state index is 0.0592. The lowest BCUT2D eigenvalue weighted by Gasteiger charge is -2.22. The summed E-state index contributed by atoms with van der Waals surface area (Å²) in [6.45, 7) is 3.35. The zero-order valence-corrected chi connectivity index (χ0v) is 14.3. The number of nitrogens with zero attached hydrogens (tertiary/aromatic N) is 5. The summed E-state index contributed by atoms with van der Waals surface area (Å²) in [7, 11) is 0. The minimum Gasteiger partial charge on any atom is -0.339 e. The summed E-state index contributed by atoms with van der Waals surface area (Å²) in [4.78, 5) is 23.4. The van der Waals surface area contributed by atoms with Crippen LogP contribution in [0, 0.1) is 0 Å². The second-order valence-electron chi connectivity index (χ2n) is 6.32. The summed E-state index contributed by atoms with van der Waals surface area (Å²) in [5, 5.41) is 4.06. The number of likely N-dealkylation sites (tertiary alicyclic amines) is 1. The van der Waals surface area contributed by atoms with Crippen molar-refractivity contribution in [2.75, 3.05) is 6.54 Å². The van der Waals surface area contributed by atoms with Gasteiger partial charge >= 0.3 is 0 Å². The van der Waals surface area contributed by atoms with Crippen molar-refractivity contribution in [2.45, 2.75) is 45.2 Å². The summed E-state index contributed by atoms with van der Waals surface area (Å²) in [5.41, 5.74) is 2.01. The molecule has 1 amide bonds. The third kappa shape index (κ3) is 3.01. The van der Waals surface area contributed by atoms with Crippen LogP contribution >= 0.6 is 0 Å². The fourth-order valence-electron chi connectivity index (χ4n) is 3.43. The van der Waals surface area contributed by atoms with Crippen LogP contribution in [0.15, 0.2) is 35.1 Å². The summed E-state index contributed by atoms with van der Waals surface area (Å²) in [5.74, 6) is 1.39. The topological polar surface area (TPSA) is 77.1 Å². The fraction of sp³-hybridized carbons (Fsp3) is 0.444. The molecule has 4 rings (SSSR count). The Morgan fingerprint density at radius 3 is 3.08 bits per heavy atom. The summed E-state index contributed by atoms with van der Waals surface area (Å²) < 4.78 is 7.24. The van der Waals surface area contributed by atoms with Crippen LogP contribution < -0.4 is 0 Å². The monoisotopic (exact) mass is 339 g/mol. The van der Waals surface area contributed by atoms with Gasteiger partial charge in [0.1, 0.15) is 0 Å². The quantitative estimate of drug-likeness (QED) is 0.714. The number of hydrogen-bond donors (Lipinski definition) is 0. The first-order valence-electron chi connectivity index (χ1n) is 8.78. The highest BCUT2D eigenvalue weighted by Crippen LogP contribution is 2.30. The lowest BCUT2D eigenvalue weighted by molar-refractivity contribution is -0.132. The van der Waals surface area contributed by atoms with Gasteiger partial charge in [0.25, 0.3) is 0 Å². The number of benzene rings is 1. The van der Waals surface area contributed by atoms with E-state index in [4.69, 9.17) is 4.52 Å². The molecule has 0 radical (unpaired) electrons. The van der Waals surface area contributed by atoms with Crippen LogP contribution in [0.3, 0.4) is 0 Å². The Labute approximate surface area is 145 Å². The van der Waals surface area contributed by atoms with Gasteiger partial charge in [0.2, 0.25) is 11.8 Å². The van der Waals surface area contributed by atoms with Crippen LogP contribution in [0.2, 0.25) is 0 Å². The van der Waals surface area contributed by atoms with E-state index in [2.05, 4.69) is 15.1 Å². The van der Waals surface area contributed by atoms with Gasteiger partial charge in [-0.25, -0.2) is 4.98 Å². The van der Waals surface area contributed by atoms with Gasteiger partial charge in [-0.05, 0) is 25.0 Å². The van der Waals surface area contributed by atoms with E-state index in [9.17, 15) is 4.79 Å². The SMILES string of the molecule is CCc1nc(C2CCCN2C(=O)CCn2cnc3ccccc32)no1. The second-order valence-corrected chi connectivity index (χ2v) is 6.32. The molecule has 7 heteroatoms.